The Balaban J connectivity index is 2.03. The number of nitrogens with one attached hydrogen (secondary N) is 1. The molecule has 1 saturated heterocycles. The summed E-state index contributed by atoms with van der Waals surface area (Å²) >= 11 is 0. The number of carbonyl (C=O) groups excluding carboxylic acids is 2. The number of hydrogen-bond acceptors (Lipinski definition) is 8. The summed E-state index contributed by atoms with van der Waals surface area (Å²) in [5.74, 6) is 0.600. The van der Waals surface area contributed by atoms with E-state index in [1.165, 1.54) is 14.2 Å². The topological polar surface area (TPSA) is 111 Å². The fourth-order valence-corrected chi connectivity index (χ4v) is 5.86. The van der Waals surface area contributed by atoms with Crippen LogP contribution in [0.25, 0.3) is 0 Å². The van der Waals surface area contributed by atoms with Gasteiger partial charge in [-0.15, -0.1) is 0 Å². The van der Waals surface area contributed by atoms with E-state index in [0.29, 0.717) is 23.5 Å². The van der Waals surface area contributed by atoms with Crippen molar-refractivity contribution in [3.05, 3.63) is 59.2 Å². The maximum absolute atomic E-state index is 13.7. The highest BCUT2D eigenvalue weighted by Crippen LogP contribution is 2.30. The second-order valence-corrected chi connectivity index (χ2v) is 10.6. The molecule has 2 aromatic carbocycles. The third kappa shape index (κ3) is 6.73. The van der Waals surface area contributed by atoms with Crippen LogP contribution in [0, 0.1) is 6.92 Å². The second-order valence-electron chi connectivity index (χ2n) is 8.42. The van der Waals surface area contributed by atoms with Crippen molar-refractivity contribution in [2.75, 3.05) is 32.3 Å². The van der Waals surface area contributed by atoms with Crippen LogP contribution in [0.2, 0.25) is 0 Å². The molecule has 2 aromatic rings. The van der Waals surface area contributed by atoms with Gasteiger partial charge in [0.05, 0.1) is 32.3 Å². The van der Waals surface area contributed by atoms with Gasteiger partial charge in [0, 0.05) is 18.2 Å². The Morgan fingerprint density at radius 1 is 1.09 bits per heavy atom. The number of methoxy groups -OCH3 is 2. The first-order valence-corrected chi connectivity index (χ1v) is 13.2. The molecule has 1 aliphatic rings. The van der Waals surface area contributed by atoms with Crippen molar-refractivity contribution in [3.63, 3.8) is 0 Å². The molecule has 0 aliphatic carbocycles. The number of carbonyl (C=O) groups is 2. The molecule has 0 bridgehead atoms. The van der Waals surface area contributed by atoms with Crippen LogP contribution < -0.4 is 14.8 Å². The molecule has 1 fully saturated rings. The highest BCUT2D eigenvalue weighted by Gasteiger charge is 2.39. The van der Waals surface area contributed by atoms with Gasteiger partial charge in [-0.05, 0) is 38.0 Å². The molecule has 3 rings (SSSR count). The van der Waals surface area contributed by atoms with E-state index in [-0.39, 0.29) is 30.4 Å². The van der Waals surface area contributed by atoms with E-state index in [9.17, 15) is 18.0 Å². The molecule has 190 valence electrons. The Hall–Kier alpha value is -3.11. The quantitative estimate of drug-likeness (QED) is 0.388. The number of hydrogen-bond donors (Lipinski definition) is 1. The Labute approximate surface area is 206 Å². The van der Waals surface area contributed by atoms with Crippen molar-refractivity contribution in [1.82, 2.24) is 10.2 Å². The molecule has 9 nitrogen and oxygen atoms in total. The third-order valence-electron chi connectivity index (χ3n) is 5.94. The molecule has 0 spiro atoms. The monoisotopic (exact) mass is 504 g/mol. The number of alkyl carbamates (subject to hydrolysis) is 1. The average Bonchev–Trinajstić information content (AvgIpc) is 3.20. The highest BCUT2D eigenvalue weighted by molar-refractivity contribution is 7.91. The molecule has 10 heteroatoms. The molecule has 0 aromatic heterocycles. The van der Waals surface area contributed by atoms with Gasteiger partial charge >= 0.3 is 6.09 Å². The minimum absolute atomic E-state index is 0.0188. The minimum Gasteiger partial charge on any atom is -0.493 e. The average molecular weight is 505 g/mol. The number of sulfone groups is 1. The van der Waals surface area contributed by atoms with Crippen molar-refractivity contribution in [2.24, 2.45) is 0 Å². The standard InChI is InChI=1S/C25H32N2O7S/c1-5-34-25(29)26-24(23(28)19-9-6-17(2)7-10-19)27(20-12-13-35(30,31)16-20)15-18-8-11-21(32-3)22(14-18)33-4/h6-11,14,20,24H,5,12-13,15-16H2,1-4H3,(H,26,29). The first-order valence-electron chi connectivity index (χ1n) is 11.4. The summed E-state index contributed by atoms with van der Waals surface area (Å²) in [6, 6.07) is 11.9. The second kappa shape index (κ2) is 11.5. The molecular formula is C25H32N2O7S. The summed E-state index contributed by atoms with van der Waals surface area (Å²) in [5, 5.41) is 2.67. The Bertz CT molecular complexity index is 1150. The predicted octanol–water partition coefficient (Wildman–Crippen LogP) is 2.96. The first kappa shape index (κ1) is 26.5. The van der Waals surface area contributed by atoms with Gasteiger partial charge in [-0.3, -0.25) is 15.0 Å². The summed E-state index contributed by atoms with van der Waals surface area (Å²) in [4.78, 5) is 27.8. The van der Waals surface area contributed by atoms with E-state index in [1.54, 1.807) is 36.1 Å². The van der Waals surface area contributed by atoms with Gasteiger partial charge in [0.25, 0.3) is 0 Å². The van der Waals surface area contributed by atoms with Gasteiger partial charge in [-0.25, -0.2) is 13.2 Å². The van der Waals surface area contributed by atoms with E-state index in [0.717, 1.165) is 11.1 Å². The maximum Gasteiger partial charge on any atom is 0.408 e. The molecule has 35 heavy (non-hydrogen) atoms. The van der Waals surface area contributed by atoms with Crippen LogP contribution in [0.15, 0.2) is 42.5 Å². The Morgan fingerprint density at radius 2 is 1.77 bits per heavy atom. The van der Waals surface area contributed by atoms with E-state index >= 15 is 0 Å². The smallest absolute Gasteiger partial charge is 0.408 e. The van der Waals surface area contributed by atoms with E-state index in [2.05, 4.69) is 5.32 Å². The van der Waals surface area contributed by atoms with Crippen LogP contribution >= 0.6 is 0 Å². The SMILES string of the molecule is CCOC(=O)NC(C(=O)c1ccc(C)cc1)N(Cc1ccc(OC)c(OC)c1)C1CCS(=O)(=O)C1. The molecule has 2 unspecified atom stereocenters. The number of Topliss-reactive ketones (excluding diaryl/α,β-unsaturated/α-hetero) is 1. The predicted molar refractivity (Wildman–Crippen MR) is 132 cm³/mol. The molecule has 1 heterocycles. The molecular weight excluding hydrogens is 472 g/mol. The van der Waals surface area contributed by atoms with Gasteiger partial charge in [0.2, 0.25) is 0 Å². The van der Waals surface area contributed by atoms with E-state index in [1.807, 2.05) is 25.1 Å². The van der Waals surface area contributed by atoms with Crippen LogP contribution in [-0.2, 0) is 21.1 Å². The van der Waals surface area contributed by atoms with Gasteiger partial charge in [-0.2, -0.15) is 0 Å². The van der Waals surface area contributed by atoms with Gasteiger partial charge in [0.1, 0.15) is 0 Å². The normalized spacial score (nSPS) is 17.6. The molecule has 2 atom stereocenters. The fraction of sp³-hybridized carbons (Fsp3) is 0.440. The van der Waals surface area contributed by atoms with Crippen molar-refractivity contribution >= 4 is 21.7 Å². The summed E-state index contributed by atoms with van der Waals surface area (Å²) in [7, 11) is -0.209. The zero-order chi connectivity index (χ0) is 25.6. The van der Waals surface area contributed by atoms with Gasteiger partial charge in [0.15, 0.2) is 33.3 Å². The van der Waals surface area contributed by atoms with Crippen LogP contribution in [0.3, 0.4) is 0 Å². The molecule has 1 N–H and O–H groups in total. The lowest BCUT2D eigenvalue weighted by Crippen LogP contribution is -2.56. The summed E-state index contributed by atoms with van der Waals surface area (Å²) < 4.78 is 40.5. The van der Waals surface area contributed by atoms with Crippen molar-refractivity contribution in [1.29, 1.82) is 0 Å². The summed E-state index contributed by atoms with van der Waals surface area (Å²) in [6.45, 7) is 3.90. The van der Waals surface area contributed by atoms with Crippen LogP contribution in [-0.4, -0.2) is 69.7 Å². The van der Waals surface area contributed by atoms with Crippen LogP contribution in [0.1, 0.15) is 34.8 Å². The lowest BCUT2D eigenvalue weighted by molar-refractivity contribution is 0.0619. The maximum atomic E-state index is 13.7. The number of nitrogens with zero attached hydrogens (tertiary/aromatic N) is 1. The molecule has 1 aliphatic heterocycles. The minimum atomic E-state index is -3.27. The zero-order valence-corrected chi connectivity index (χ0v) is 21.3. The van der Waals surface area contributed by atoms with Crippen molar-refractivity contribution < 1.29 is 32.2 Å². The van der Waals surface area contributed by atoms with Crippen LogP contribution in [0.4, 0.5) is 4.79 Å². The Morgan fingerprint density at radius 3 is 2.34 bits per heavy atom. The van der Waals surface area contributed by atoms with Crippen molar-refractivity contribution in [3.8, 4) is 11.5 Å². The molecule has 0 radical (unpaired) electrons. The third-order valence-corrected chi connectivity index (χ3v) is 7.69. The lowest BCUT2D eigenvalue weighted by Gasteiger charge is -2.35. The Kier molecular flexibility index (Phi) is 8.74. The first-order chi connectivity index (χ1) is 16.7. The number of aryl methyl sites for hydroxylation is 1. The largest absolute Gasteiger partial charge is 0.493 e. The lowest BCUT2D eigenvalue weighted by atomic mass is 10.0. The van der Waals surface area contributed by atoms with E-state index < -0.39 is 28.1 Å². The fourth-order valence-electron chi connectivity index (χ4n) is 4.12. The van der Waals surface area contributed by atoms with E-state index in [4.69, 9.17) is 14.2 Å². The van der Waals surface area contributed by atoms with Crippen molar-refractivity contribution in [2.45, 2.75) is 39.0 Å². The summed E-state index contributed by atoms with van der Waals surface area (Å²) in [6.07, 6.45) is -1.54. The number of ether oxygens (including phenoxy) is 3. The molecule has 1 amide bonds. The number of amides is 1. The van der Waals surface area contributed by atoms with Gasteiger partial charge in [-0.1, -0.05) is 35.9 Å². The highest BCUT2D eigenvalue weighted by atomic mass is 32.2. The van der Waals surface area contributed by atoms with Crippen LogP contribution in [0.5, 0.6) is 11.5 Å². The number of benzene rings is 2. The molecule has 0 saturated carbocycles. The van der Waals surface area contributed by atoms with Gasteiger partial charge < -0.3 is 14.2 Å². The zero-order valence-electron chi connectivity index (χ0n) is 20.4. The number of ketones is 1. The summed E-state index contributed by atoms with van der Waals surface area (Å²) in [5.41, 5.74) is 2.15. The number of rotatable bonds is 10.